The van der Waals surface area contributed by atoms with Crippen molar-refractivity contribution < 1.29 is 0 Å². The Morgan fingerprint density at radius 3 is 1.71 bits per heavy atom. The van der Waals surface area contributed by atoms with Gasteiger partial charge in [0.05, 0.1) is 0 Å². The van der Waals surface area contributed by atoms with Crippen LogP contribution in [-0.2, 0) is 16.2 Å². The maximum absolute atomic E-state index is 2.69. The molecule has 366 valence electrons. The van der Waals surface area contributed by atoms with Crippen LogP contribution >= 0.6 is 0 Å². The summed E-state index contributed by atoms with van der Waals surface area (Å²) in [5.41, 5.74) is 27.3. The molecule has 0 saturated heterocycles. The van der Waals surface area contributed by atoms with E-state index in [-0.39, 0.29) is 23.1 Å². The van der Waals surface area contributed by atoms with Crippen LogP contribution in [0, 0.1) is 13.8 Å². The van der Waals surface area contributed by atoms with Crippen molar-refractivity contribution in [3.05, 3.63) is 240 Å². The maximum Gasteiger partial charge on any atom is 0.333 e. The lowest BCUT2D eigenvalue weighted by molar-refractivity contribution is 0.590. The maximum atomic E-state index is 2.69. The molecule has 0 spiro atoms. The normalized spacial score (nSPS) is 14.0. The molecule has 0 atom stereocenters. The average Bonchev–Trinajstić information content (AvgIpc) is 3.67. The summed E-state index contributed by atoms with van der Waals surface area (Å²) >= 11 is 0. The van der Waals surface area contributed by atoms with E-state index in [0.29, 0.717) is 0 Å². The first-order valence-electron chi connectivity index (χ1n) is 26.9. The van der Waals surface area contributed by atoms with Crippen LogP contribution in [0.1, 0.15) is 88.8 Å². The van der Waals surface area contributed by atoms with Gasteiger partial charge in [-0.1, -0.05) is 183 Å². The number of fused-ring (bicyclic) bond motifs is 8. The Morgan fingerprint density at radius 1 is 0.427 bits per heavy atom. The van der Waals surface area contributed by atoms with Crippen LogP contribution in [0.4, 0.5) is 45.5 Å². The summed E-state index contributed by atoms with van der Waals surface area (Å²) in [5.74, 6) is 0. The summed E-state index contributed by atoms with van der Waals surface area (Å²) in [7, 11) is 0. The Hall–Kier alpha value is -8.08. The fourth-order valence-electron chi connectivity index (χ4n) is 12.7. The lowest BCUT2D eigenvalue weighted by atomic mass is 9.43. The molecular weight excluding hydrogens is 906 g/mol. The van der Waals surface area contributed by atoms with Crippen molar-refractivity contribution >= 4 is 74.0 Å². The molecule has 0 aromatic heterocycles. The molecule has 3 aliphatic rings. The zero-order chi connectivity index (χ0) is 51.7. The van der Waals surface area contributed by atoms with Gasteiger partial charge >= 0.3 is 6.85 Å². The van der Waals surface area contributed by atoms with Crippen LogP contribution in [0.15, 0.2) is 206 Å². The van der Waals surface area contributed by atoms with Crippen molar-refractivity contribution in [1.29, 1.82) is 0 Å². The van der Waals surface area contributed by atoms with Gasteiger partial charge in [-0.3, -0.25) is 0 Å². The summed E-state index contributed by atoms with van der Waals surface area (Å²) in [6.07, 6.45) is 0. The van der Waals surface area contributed by atoms with Crippen LogP contribution in [0.25, 0.3) is 44.2 Å². The number of anilines is 8. The quantitative estimate of drug-likeness (QED) is 0.154. The van der Waals surface area contributed by atoms with Crippen LogP contribution in [0.3, 0.4) is 0 Å². The summed E-state index contributed by atoms with van der Waals surface area (Å²) in [5, 5.41) is 2.48. The van der Waals surface area contributed by atoms with E-state index in [0.717, 1.165) is 17.1 Å². The predicted octanol–water partition coefficient (Wildman–Crippen LogP) is 18.2. The van der Waals surface area contributed by atoms with E-state index in [1.165, 1.54) is 117 Å². The molecule has 0 bridgehead atoms. The predicted molar refractivity (Wildman–Crippen MR) is 322 cm³/mol. The van der Waals surface area contributed by atoms with Gasteiger partial charge in [0.2, 0.25) is 0 Å². The molecule has 2 aliphatic heterocycles. The van der Waals surface area contributed by atoms with Gasteiger partial charge in [0.1, 0.15) is 0 Å². The van der Waals surface area contributed by atoms with Crippen molar-refractivity contribution in [2.75, 3.05) is 14.6 Å². The molecule has 10 aromatic carbocycles. The van der Waals surface area contributed by atoms with E-state index < -0.39 is 0 Å². The topological polar surface area (TPSA) is 9.72 Å². The van der Waals surface area contributed by atoms with Gasteiger partial charge in [-0.2, -0.15) is 0 Å². The molecule has 0 fully saturated rings. The van der Waals surface area contributed by atoms with E-state index >= 15 is 0 Å². The van der Waals surface area contributed by atoms with Crippen LogP contribution in [0.5, 0.6) is 0 Å². The Bertz CT molecular complexity index is 3850. The van der Waals surface area contributed by atoms with Gasteiger partial charge in [0.15, 0.2) is 0 Å². The SMILES string of the molecule is Cc1cc2c3c(c1)N(c1ccc(-c4ccccc4)cc1C)c1cc(N(c4ccc(C(C)(C)C)cc4)c4ccc(C(C)(C)C)cc4)ccc1B3N(c1ccc3c(c1)C(C)(C)c1ccccc1-3)c1cc3ccccc3cc1-2. The van der Waals surface area contributed by atoms with E-state index in [2.05, 4.69) is 290 Å². The van der Waals surface area contributed by atoms with E-state index in [4.69, 9.17) is 0 Å². The summed E-state index contributed by atoms with van der Waals surface area (Å²) in [6, 6.07) is 78.6. The van der Waals surface area contributed by atoms with Crippen LogP contribution in [-0.4, -0.2) is 6.85 Å². The molecule has 1 aliphatic carbocycles. The lowest BCUT2D eigenvalue weighted by Crippen LogP contribution is -2.61. The molecule has 3 nitrogen and oxygen atoms in total. The van der Waals surface area contributed by atoms with E-state index in [9.17, 15) is 0 Å². The zero-order valence-electron chi connectivity index (χ0n) is 45.0. The van der Waals surface area contributed by atoms with E-state index in [1.54, 1.807) is 0 Å². The summed E-state index contributed by atoms with van der Waals surface area (Å²) < 4.78 is 0. The number of nitrogens with zero attached hydrogens (tertiary/aromatic N) is 3. The second-order valence-corrected chi connectivity index (χ2v) is 24.0. The third-order valence-electron chi connectivity index (χ3n) is 16.7. The third-order valence-corrected chi connectivity index (χ3v) is 16.7. The minimum absolute atomic E-state index is 0.0255. The zero-order valence-corrected chi connectivity index (χ0v) is 45.0. The summed E-state index contributed by atoms with van der Waals surface area (Å²) in [4.78, 5) is 7.75. The van der Waals surface area contributed by atoms with Gasteiger partial charge in [0, 0.05) is 56.5 Å². The van der Waals surface area contributed by atoms with Crippen LogP contribution < -0.4 is 25.5 Å². The monoisotopic (exact) mass is 970 g/mol. The number of hydrogen-bond acceptors (Lipinski definition) is 3. The van der Waals surface area contributed by atoms with Crippen molar-refractivity contribution in [3.63, 3.8) is 0 Å². The Labute approximate surface area is 444 Å². The van der Waals surface area contributed by atoms with Gasteiger partial charge in [-0.25, -0.2) is 0 Å². The molecule has 10 aromatic rings. The second-order valence-electron chi connectivity index (χ2n) is 24.0. The number of aryl methyl sites for hydroxylation is 2. The first kappa shape index (κ1) is 46.7. The first-order valence-corrected chi connectivity index (χ1v) is 26.9. The second kappa shape index (κ2) is 17.0. The van der Waals surface area contributed by atoms with Crippen molar-refractivity contribution in [3.8, 4) is 33.4 Å². The van der Waals surface area contributed by atoms with Crippen molar-refractivity contribution in [2.45, 2.75) is 85.5 Å². The Balaban J connectivity index is 1.09. The Morgan fingerprint density at radius 2 is 1.04 bits per heavy atom. The fraction of sp³-hybridized carbons (Fsp3) is 0.183. The highest BCUT2D eigenvalue weighted by Gasteiger charge is 2.46. The smallest absolute Gasteiger partial charge is 0.333 e. The molecule has 0 radical (unpaired) electrons. The molecule has 13 rings (SSSR count). The molecule has 0 N–H and O–H groups in total. The number of rotatable bonds is 6. The number of hydrogen-bond donors (Lipinski definition) is 0. The van der Waals surface area contributed by atoms with Gasteiger partial charge < -0.3 is 14.6 Å². The van der Waals surface area contributed by atoms with Crippen LogP contribution in [0.2, 0.25) is 0 Å². The molecular formula is C71H64BN3. The van der Waals surface area contributed by atoms with E-state index in [1.807, 2.05) is 0 Å². The summed E-state index contributed by atoms with van der Waals surface area (Å²) in [6.45, 7) is 23.0. The molecule has 2 heterocycles. The molecule has 0 saturated carbocycles. The minimum atomic E-state index is -0.163. The highest BCUT2D eigenvalue weighted by Crippen LogP contribution is 2.53. The average molecular weight is 970 g/mol. The number of benzene rings is 10. The molecule has 75 heavy (non-hydrogen) atoms. The highest BCUT2D eigenvalue weighted by atomic mass is 15.2. The van der Waals surface area contributed by atoms with Gasteiger partial charge in [0.25, 0.3) is 0 Å². The third kappa shape index (κ3) is 7.55. The van der Waals surface area contributed by atoms with Crippen molar-refractivity contribution in [1.82, 2.24) is 0 Å². The standard InChI is InChI=1S/C71H64BN3/c1-45-38-60-59-41-48-20-14-15-21-49(48)42-65(59)75(56-33-35-58-57-22-16-17-23-61(57)71(9,10)62(58)43-56)72-63-36-34-55(73(53-29-25-51(26-30-53)69(3,4)5)54-31-27-52(28-32-54)70(6,7)8)44-66(63)74(67(39-45)68(60)72)64-37-24-50(40-46(64)2)47-18-12-11-13-19-47/h11-44H,1-10H3. The minimum Gasteiger partial charge on any atom is -0.376 e. The largest absolute Gasteiger partial charge is 0.376 e. The highest BCUT2D eigenvalue weighted by molar-refractivity contribution is 6.93. The fourth-order valence-corrected chi connectivity index (χ4v) is 12.7. The molecule has 0 unspecified atom stereocenters. The van der Waals surface area contributed by atoms with Gasteiger partial charge in [-0.15, -0.1) is 0 Å². The molecule has 0 amide bonds. The first-order chi connectivity index (χ1) is 36.0. The Kier molecular flexibility index (Phi) is 10.6. The molecule has 4 heteroatoms. The van der Waals surface area contributed by atoms with Gasteiger partial charge in [-0.05, 0) is 186 Å². The lowest BCUT2D eigenvalue weighted by Gasteiger charge is -2.46. The van der Waals surface area contributed by atoms with Crippen molar-refractivity contribution in [2.24, 2.45) is 0 Å².